The van der Waals surface area contributed by atoms with E-state index < -0.39 is 54.4 Å². The summed E-state index contributed by atoms with van der Waals surface area (Å²) in [5.74, 6) is -7.01. The van der Waals surface area contributed by atoms with E-state index in [1.165, 1.54) is 6.07 Å². The summed E-state index contributed by atoms with van der Waals surface area (Å²) in [6.07, 6.45) is -5.74. The highest BCUT2D eigenvalue weighted by atomic mass is 19.4. The van der Waals surface area contributed by atoms with E-state index in [2.05, 4.69) is 6.58 Å². The Kier molecular flexibility index (Phi) is 4.30. The minimum Gasteiger partial charge on any atom is -0.375 e. The van der Waals surface area contributed by atoms with Crippen molar-refractivity contribution in [2.75, 3.05) is 11.4 Å². The van der Waals surface area contributed by atoms with Crippen LogP contribution >= 0.6 is 0 Å². The Bertz CT molecular complexity index is 870. The highest BCUT2D eigenvalue weighted by molar-refractivity contribution is 5.62. The Balaban J connectivity index is 2.21. The van der Waals surface area contributed by atoms with Crippen molar-refractivity contribution in [3.63, 3.8) is 0 Å². The third-order valence-corrected chi connectivity index (χ3v) is 5.07. The van der Waals surface area contributed by atoms with Gasteiger partial charge in [0, 0.05) is 29.9 Å². The molecule has 2 aliphatic rings. The van der Waals surface area contributed by atoms with Crippen LogP contribution in [0.15, 0.2) is 42.1 Å². The minimum atomic E-state index is -4.89. The van der Waals surface area contributed by atoms with Gasteiger partial charge < -0.3 is 10.0 Å². The minimum absolute atomic E-state index is 0.0591. The molecule has 0 radical (unpaired) electrons. The molecule has 1 aromatic rings. The third kappa shape index (κ3) is 2.79. The van der Waals surface area contributed by atoms with Gasteiger partial charge in [0.25, 0.3) is 5.92 Å². The predicted molar refractivity (Wildman–Crippen MR) is 84.4 cm³/mol. The van der Waals surface area contributed by atoms with Gasteiger partial charge in [0.15, 0.2) is 5.60 Å². The lowest BCUT2D eigenvalue weighted by atomic mass is 9.74. The maximum atomic E-state index is 14.3. The number of benzene rings is 1. The number of allylic oxidation sites excluding steroid dienone is 1. The number of hydrogen-bond acceptors (Lipinski definition) is 3. The van der Waals surface area contributed by atoms with Crippen molar-refractivity contribution < 1.29 is 31.4 Å². The van der Waals surface area contributed by atoms with Crippen molar-refractivity contribution in [3.8, 4) is 6.07 Å². The van der Waals surface area contributed by atoms with E-state index in [4.69, 9.17) is 5.26 Å². The van der Waals surface area contributed by atoms with Gasteiger partial charge in [-0.15, -0.1) is 0 Å². The van der Waals surface area contributed by atoms with Crippen LogP contribution in [-0.2, 0) is 0 Å². The summed E-state index contributed by atoms with van der Waals surface area (Å²) >= 11 is 0. The summed E-state index contributed by atoms with van der Waals surface area (Å²) in [6.45, 7) is 2.37. The Morgan fingerprint density at radius 2 is 2.00 bits per heavy atom. The molecule has 1 N–H and O–H groups in total. The molecule has 0 aromatic heterocycles. The summed E-state index contributed by atoms with van der Waals surface area (Å²) in [4.78, 5) is 1.11. The zero-order valence-electron chi connectivity index (χ0n) is 13.8. The van der Waals surface area contributed by atoms with Gasteiger partial charge in [0.2, 0.25) is 0 Å². The molecule has 9 heteroatoms. The Hall–Kier alpha value is -2.47. The van der Waals surface area contributed by atoms with Gasteiger partial charge >= 0.3 is 6.18 Å². The van der Waals surface area contributed by atoms with Crippen LogP contribution in [0.4, 0.5) is 32.0 Å². The van der Waals surface area contributed by atoms with Crippen LogP contribution in [0.3, 0.4) is 0 Å². The van der Waals surface area contributed by atoms with Crippen LogP contribution in [0.2, 0.25) is 0 Å². The van der Waals surface area contributed by atoms with Crippen LogP contribution in [-0.4, -0.2) is 29.4 Å². The molecule has 2 unspecified atom stereocenters. The lowest BCUT2D eigenvalue weighted by molar-refractivity contribution is -0.184. The maximum Gasteiger partial charge on any atom is 0.397 e. The van der Waals surface area contributed by atoms with Crippen LogP contribution in [0, 0.1) is 23.1 Å². The molecule has 144 valence electrons. The molecule has 3 rings (SSSR count). The topological polar surface area (TPSA) is 47.3 Å². The van der Waals surface area contributed by atoms with Crippen molar-refractivity contribution >= 4 is 5.69 Å². The second-order valence-corrected chi connectivity index (χ2v) is 6.52. The molecule has 0 saturated heterocycles. The molecular formula is C18H14F6N2O. The van der Waals surface area contributed by atoms with Gasteiger partial charge in [0.1, 0.15) is 11.9 Å². The summed E-state index contributed by atoms with van der Waals surface area (Å²) in [7, 11) is 0. The Labute approximate surface area is 150 Å². The average Bonchev–Trinajstić information content (AvgIpc) is 2.99. The zero-order chi connectivity index (χ0) is 20.2. The second kappa shape index (κ2) is 6.02. The number of nitriles is 1. The zero-order valence-corrected chi connectivity index (χ0v) is 13.8. The molecule has 3 nitrogen and oxygen atoms in total. The van der Waals surface area contributed by atoms with Crippen molar-refractivity contribution in [2.24, 2.45) is 5.92 Å². The normalized spacial score (nSPS) is 27.3. The molecule has 0 spiro atoms. The molecule has 2 atom stereocenters. The standard InChI is InChI=1S/C18H14F6N2O/c1-2-16(27)15-12(18(22,23)24)9-26(14(15)5-6-17(16,20)21)11-3-4-13(19)10(7-11)8-25/h2-4,7,12,27H,1,5-6,9H2. The van der Waals surface area contributed by atoms with E-state index in [-0.39, 0.29) is 16.9 Å². The van der Waals surface area contributed by atoms with E-state index in [1.807, 2.05) is 0 Å². The predicted octanol–water partition coefficient (Wildman–Crippen LogP) is 4.30. The van der Waals surface area contributed by atoms with Crippen molar-refractivity contribution in [2.45, 2.75) is 30.5 Å². The smallest absolute Gasteiger partial charge is 0.375 e. The molecule has 27 heavy (non-hydrogen) atoms. The van der Waals surface area contributed by atoms with Gasteiger partial charge in [-0.05, 0) is 30.7 Å². The van der Waals surface area contributed by atoms with Crippen LogP contribution in [0.5, 0.6) is 0 Å². The van der Waals surface area contributed by atoms with Crippen molar-refractivity contribution in [1.29, 1.82) is 5.26 Å². The summed E-state index contributed by atoms with van der Waals surface area (Å²) in [6, 6.07) is 4.73. The van der Waals surface area contributed by atoms with E-state index in [0.29, 0.717) is 6.08 Å². The lowest BCUT2D eigenvalue weighted by Crippen LogP contribution is -2.53. The van der Waals surface area contributed by atoms with Gasteiger partial charge in [0.05, 0.1) is 11.5 Å². The first-order valence-corrected chi connectivity index (χ1v) is 7.97. The third-order valence-electron chi connectivity index (χ3n) is 5.07. The molecule has 0 amide bonds. The second-order valence-electron chi connectivity index (χ2n) is 6.52. The first-order valence-electron chi connectivity index (χ1n) is 7.97. The Morgan fingerprint density at radius 1 is 1.33 bits per heavy atom. The summed E-state index contributed by atoms with van der Waals surface area (Å²) < 4.78 is 83.0. The highest BCUT2D eigenvalue weighted by Gasteiger charge is 2.64. The van der Waals surface area contributed by atoms with E-state index in [1.54, 1.807) is 6.07 Å². The maximum absolute atomic E-state index is 14.3. The SMILES string of the molecule is C=CC1(O)C2=C(CCC1(F)F)N(c1ccc(F)c(C#N)c1)CC2C(F)(F)F. The number of alkyl halides is 5. The fourth-order valence-corrected chi connectivity index (χ4v) is 3.70. The first kappa shape index (κ1) is 19.3. The van der Waals surface area contributed by atoms with Gasteiger partial charge in [-0.3, -0.25) is 0 Å². The fraction of sp³-hybridized carbons (Fsp3) is 0.389. The van der Waals surface area contributed by atoms with E-state index >= 15 is 0 Å². The molecular weight excluding hydrogens is 374 g/mol. The molecule has 1 heterocycles. The molecule has 1 aliphatic heterocycles. The number of aliphatic hydroxyl groups is 1. The van der Waals surface area contributed by atoms with Crippen molar-refractivity contribution in [3.05, 3.63) is 53.5 Å². The monoisotopic (exact) mass is 388 g/mol. The number of hydrogen-bond donors (Lipinski definition) is 1. The number of anilines is 1. The molecule has 1 aromatic carbocycles. The fourth-order valence-electron chi connectivity index (χ4n) is 3.70. The number of rotatable bonds is 2. The van der Waals surface area contributed by atoms with Gasteiger partial charge in [-0.2, -0.15) is 18.4 Å². The summed E-state index contributed by atoms with van der Waals surface area (Å²) in [5, 5.41) is 19.4. The quantitative estimate of drug-likeness (QED) is 0.607. The van der Waals surface area contributed by atoms with Crippen LogP contribution < -0.4 is 4.90 Å². The van der Waals surface area contributed by atoms with Gasteiger partial charge in [-0.25, -0.2) is 13.2 Å². The largest absolute Gasteiger partial charge is 0.397 e. The van der Waals surface area contributed by atoms with Crippen LogP contribution in [0.1, 0.15) is 18.4 Å². The lowest BCUT2D eigenvalue weighted by Gasteiger charge is -2.41. The van der Waals surface area contributed by atoms with Gasteiger partial charge in [-0.1, -0.05) is 6.58 Å². The summed E-state index contributed by atoms with van der Waals surface area (Å²) in [5.41, 5.74) is -4.42. The number of halogens is 6. The van der Waals surface area contributed by atoms with Crippen LogP contribution in [0.25, 0.3) is 0 Å². The van der Waals surface area contributed by atoms with E-state index in [9.17, 15) is 31.4 Å². The average molecular weight is 388 g/mol. The molecule has 1 aliphatic carbocycles. The first-order chi connectivity index (χ1) is 12.5. The Morgan fingerprint density at radius 3 is 2.56 bits per heavy atom. The molecule has 0 saturated carbocycles. The van der Waals surface area contributed by atoms with E-state index in [0.717, 1.165) is 17.0 Å². The van der Waals surface area contributed by atoms with Crippen molar-refractivity contribution in [1.82, 2.24) is 0 Å². The molecule has 0 bridgehead atoms. The molecule has 0 fully saturated rings. The number of nitrogens with zero attached hydrogens (tertiary/aromatic N) is 2. The highest BCUT2D eigenvalue weighted by Crippen LogP contribution is 2.55.